The maximum atomic E-state index is 12.7. The number of hydrogen-bond donors (Lipinski definition) is 1. The number of ether oxygens (including phenoxy) is 2. The summed E-state index contributed by atoms with van der Waals surface area (Å²) in [5.74, 6) is -0.256. The summed E-state index contributed by atoms with van der Waals surface area (Å²) in [6, 6.07) is 10.7. The van der Waals surface area contributed by atoms with E-state index in [1.54, 1.807) is 30.3 Å². The molecule has 2 aromatic rings. The lowest BCUT2D eigenvalue weighted by Gasteiger charge is -2.08. The van der Waals surface area contributed by atoms with Crippen LogP contribution in [-0.4, -0.2) is 25.1 Å². The van der Waals surface area contributed by atoms with Crippen LogP contribution in [0.2, 0.25) is 0 Å². The zero-order valence-corrected chi connectivity index (χ0v) is 12.9. The van der Waals surface area contributed by atoms with Crippen molar-refractivity contribution in [3.8, 4) is 5.75 Å². The largest absolute Gasteiger partial charge is 0.493 e. The number of esters is 1. The summed E-state index contributed by atoms with van der Waals surface area (Å²) in [5.41, 5.74) is 1.96. The van der Waals surface area contributed by atoms with E-state index >= 15 is 0 Å². The molecule has 1 aliphatic rings. The van der Waals surface area contributed by atoms with E-state index in [1.165, 1.54) is 12.1 Å². The number of benzene rings is 2. The van der Waals surface area contributed by atoms with Crippen molar-refractivity contribution in [2.45, 2.75) is 12.8 Å². The zero-order chi connectivity index (χ0) is 16.9. The summed E-state index contributed by atoms with van der Waals surface area (Å²) in [4.78, 5) is 23.3. The fourth-order valence-corrected chi connectivity index (χ4v) is 2.38. The molecule has 0 atom stereocenters. The van der Waals surface area contributed by atoms with E-state index in [4.69, 9.17) is 9.47 Å². The average Bonchev–Trinajstić information content (AvgIpc) is 2.95. The van der Waals surface area contributed by atoms with Gasteiger partial charge in [-0.1, -0.05) is 0 Å². The summed E-state index contributed by atoms with van der Waals surface area (Å²) < 4.78 is 23.4. The second-order valence-electron chi connectivity index (χ2n) is 5.39. The molecule has 6 heteroatoms. The molecule has 0 unspecified atom stereocenters. The van der Waals surface area contributed by atoms with Crippen molar-refractivity contribution >= 4 is 17.6 Å². The monoisotopic (exact) mass is 329 g/mol. The predicted molar refractivity (Wildman–Crippen MR) is 85.6 cm³/mol. The molecule has 0 saturated carbocycles. The first-order valence-corrected chi connectivity index (χ1v) is 7.60. The van der Waals surface area contributed by atoms with Crippen LogP contribution in [0, 0.1) is 5.82 Å². The van der Waals surface area contributed by atoms with Gasteiger partial charge >= 0.3 is 5.97 Å². The molecule has 0 aromatic heterocycles. The van der Waals surface area contributed by atoms with Crippen molar-refractivity contribution in [3.05, 3.63) is 59.4 Å². The Morgan fingerprint density at radius 3 is 2.71 bits per heavy atom. The van der Waals surface area contributed by atoms with E-state index < -0.39 is 5.97 Å². The number of amides is 1. The van der Waals surface area contributed by atoms with Crippen molar-refractivity contribution in [1.29, 1.82) is 0 Å². The van der Waals surface area contributed by atoms with E-state index in [2.05, 4.69) is 5.32 Å². The Kier molecular flexibility index (Phi) is 4.74. The van der Waals surface area contributed by atoms with Crippen LogP contribution in [0.4, 0.5) is 10.1 Å². The van der Waals surface area contributed by atoms with E-state index in [9.17, 15) is 14.0 Å². The molecule has 24 heavy (non-hydrogen) atoms. The maximum Gasteiger partial charge on any atom is 0.338 e. The van der Waals surface area contributed by atoms with Gasteiger partial charge in [0.2, 0.25) is 5.91 Å². The molecule has 1 aliphatic heterocycles. The number of halogens is 1. The van der Waals surface area contributed by atoms with Crippen LogP contribution in [0.15, 0.2) is 42.5 Å². The fourth-order valence-electron chi connectivity index (χ4n) is 2.38. The van der Waals surface area contributed by atoms with Crippen LogP contribution in [0.5, 0.6) is 5.75 Å². The quantitative estimate of drug-likeness (QED) is 0.654. The topological polar surface area (TPSA) is 64.6 Å². The normalized spacial score (nSPS) is 12.5. The molecular formula is C18H16FNO4. The minimum Gasteiger partial charge on any atom is -0.493 e. The molecule has 0 aliphatic carbocycles. The second-order valence-corrected chi connectivity index (χ2v) is 5.39. The van der Waals surface area contributed by atoms with Crippen LogP contribution in [-0.2, 0) is 16.0 Å². The molecule has 5 nitrogen and oxygen atoms in total. The Balaban J connectivity index is 1.42. The SMILES string of the molecule is O=C1Cc2cc(C(=O)OCCCOc3ccc(F)cc3)ccc2N1. The lowest BCUT2D eigenvalue weighted by molar-refractivity contribution is -0.115. The standard InChI is InChI=1S/C18H16FNO4/c19-14-3-5-15(6-4-14)23-8-1-9-24-18(22)12-2-7-16-13(10-12)11-17(21)20-16/h2-7,10H,1,8-9,11H2,(H,20,21). The van der Waals surface area contributed by atoms with Crippen molar-refractivity contribution in [2.75, 3.05) is 18.5 Å². The summed E-state index contributed by atoms with van der Waals surface area (Å²) in [6.07, 6.45) is 0.802. The molecule has 3 rings (SSSR count). The van der Waals surface area contributed by atoms with Crippen molar-refractivity contribution < 1.29 is 23.5 Å². The van der Waals surface area contributed by atoms with Gasteiger partial charge in [0.05, 0.1) is 25.2 Å². The number of anilines is 1. The van der Waals surface area contributed by atoms with Gasteiger partial charge in [0.1, 0.15) is 11.6 Å². The highest BCUT2D eigenvalue weighted by molar-refractivity contribution is 6.00. The van der Waals surface area contributed by atoms with Gasteiger partial charge in [0, 0.05) is 12.1 Å². The second kappa shape index (κ2) is 7.12. The Morgan fingerprint density at radius 2 is 1.92 bits per heavy atom. The number of rotatable bonds is 6. The summed E-state index contributed by atoms with van der Waals surface area (Å²) in [6.45, 7) is 0.579. The lowest BCUT2D eigenvalue weighted by Crippen LogP contribution is -2.09. The first kappa shape index (κ1) is 16.0. The molecule has 0 spiro atoms. The van der Waals surface area contributed by atoms with Crippen molar-refractivity contribution in [3.63, 3.8) is 0 Å². The molecule has 1 N–H and O–H groups in total. The summed E-state index contributed by atoms with van der Waals surface area (Å²) in [5, 5.41) is 2.71. The van der Waals surface area contributed by atoms with Crippen LogP contribution in [0.1, 0.15) is 22.3 Å². The predicted octanol–water partition coefficient (Wildman–Crippen LogP) is 2.95. The number of hydrogen-bond acceptors (Lipinski definition) is 4. The van der Waals surface area contributed by atoms with Gasteiger partial charge in [-0.25, -0.2) is 9.18 Å². The highest BCUT2D eigenvalue weighted by Crippen LogP contribution is 2.24. The third-order valence-corrected chi connectivity index (χ3v) is 3.57. The van der Waals surface area contributed by atoms with Gasteiger partial charge in [-0.2, -0.15) is 0 Å². The highest BCUT2D eigenvalue weighted by Gasteiger charge is 2.19. The van der Waals surface area contributed by atoms with Crippen LogP contribution < -0.4 is 10.1 Å². The third kappa shape index (κ3) is 3.90. The first-order chi connectivity index (χ1) is 11.6. The number of carbonyl (C=O) groups is 2. The molecule has 124 valence electrons. The van der Waals surface area contributed by atoms with Gasteiger partial charge in [-0.15, -0.1) is 0 Å². The summed E-state index contributed by atoms with van der Waals surface area (Å²) in [7, 11) is 0. The molecule has 2 aromatic carbocycles. The van der Waals surface area contributed by atoms with E-state index in [0.29, 0.717) is 24.3 Å². The Bertz CT molecular complexity index is 758. The van der Waals surface area contributed by atoms with Gasteiger partial charge in [0.25, 0.3) is 0 Å². The average molecular weight is 329 g/mol. The van der Waals surface area contributed by atoms with E-state index in [-0.39, 0.29) is 24.8 Å². The molecule has 1 heterocycles. The van der Waals surface area contributed by atoms with Crippen LogP contribution in [0.25, 0.3) is 0 Å². The van der Waals surface area contributed by atoms with E-state index in [0.717, 1.165) is 11.3 Å². The fraction of sp³-hybridized carbons (Fsp3) is 0.222. The molecule has 0 saturated heterocycles. The van der Waals surface area contributed by atoms with Crippen molar-refractivity contribution in [2.24, 2.45) is 0 Å². The van der Waals surface area contributed by atoms with Gasteiger partial charge in [-0.05, 0) is 48.0 Å². The Hall–Kier alpha value is -2.89. The minimum atomic E-state index is -0.432. The molecule has 1 amide bonds. The molecule has 0 fully saturated rings. The smallest absolute Gasteiger partial charge is 0.338 e. The summed E-state index contributed by atoms with van der Waals surface area (Å²) >= 11 is 0. The van der Waals surface area contributed by atoms with E-state index in [1.807, 2.05) is 0 Å². The number of fused-ring (bicyclic) bond motifs is 1. The number of nitrogens with one attached hydrogen (secondary N) is 1. The van der Waals surface area contributed by atoms with Gasteiger partial charge < -0.3 is 14.8 Å². The van der Waals surface area contributed by atoms with Crippen molar-refractivity contribution in [1.82, 2.24) is 0 Å². The highest BCUT2D eigenvalue weighted by atomic mass is 19.1. The minimum absolute atomic E-state index is 0.0755. The number of carbonyl (C=O) groups excluding carboxylic acids is 2. The third-order valence-electron chi connectivity index (χ3n) is 3.57. The molecule has 0 bridgehead atoms. The Labute approximate surface area is 138 Å². The Morgan fingerprint density at radius 1 is 1.12 bits per heavy atom. The van der Waals surface area contributed by atoms with Crippen LogP contribution >= 0.6 is 0 Å². The zero-order valence-electron chi connectivity index (χ0n) is 12.9. The lowest BCUT2D eigenvalue weighted by atomic mass is 10.1. The van der Waals surface area contributed by atoms with Gasteiger partial charge in [0.15, 0.2) is 0 Å². The molecule has 0 radical (unpaired) electrons. The maximum absolute atomic E-state index is 12.7. The van der Waals surface area contributed by atoms with Gasteiger partial charge in [-0.3, -0.25) is 4.79 Å². The molecular weight excluding hydrogens is 313 g/mol. The van der Waals surface area contributed by atoms with Crippen LogP contribution in [0.3, 0.4) is 0 Å². The first-order valence-electron chi connectivity index (χ1n) is 7.60.